The van der Waals surface area contributed by atoms with Crippen LogP contribution in [0.4, 0.5) is 0 Å². The van der Waals surface area contributed by atoms with Crippen LogP contribution in [0.2, 0.25) is 4.34 Å². The second-order valence-corrected chi connectivity index (χ2v) is 6.54. The Balaban J connectivity index is 2.01. The van der Waals surface area contributed by atoms with Crippen LogP contribution in [0.5, 0.6) is 0 Å². The summed E-state index contributed by atoms with van der Waals surface area (Å²) in [6, 6.07) is 5.81. The first kappa shape index (κ1) is 14.0. The highest BCUT2D eigenvalue weighted by atomic mass is 35.5. The van der Waals surface area contributed by atoms with Gasteiger partial charge in [-0.3, -0.25) is 14.5 Å². The molecule has 0 saturated carbocycles. The molecule has 3 heterocycles. The first-order chi connectivity index (χ1) is 10.0. The minimum Gasteiger partial charge on any atom is -0.347 e. The van der Waals surface area contributed by atoms with Crippen LogP contribution < -0.4 is 0 Å². The summed E-state index contributed by atoms with van der Waals surface area (Å²) >= 11 is 7.47. The lowest BCUT2D eigenvalue weighted by Crippen LogP contribution is -2.26. The molecular weight excluding hydrogens is 308 g/mol. The van der Waals surface area contributed by atoms with Crippen molar-refractivity contribution in [2.24, 2.45) is 0 Å². The Kier molecular flexibility index (Phi) is 3.65. The van der Waals surface area contributed by atoms with Crippen LogP contribution in [0, 0.1) is 0 Å². The summed E-state index contributed by atoms with van der Waals surface area (Å²) in [5.41, 5.74) is 2.58. The van der Waals surface area contributed by atoms with Gasteiger partial charge in [-0.2, -0.15) is 5.10 Å². The summed E-state index contributed by atoms with van der Waals surface area (Å²) in [4.78, 5) is 18.8. The van der Waals surface area contributed by atoms with E-state index in [9.17, 15) is 4.79 Å². The summed E-state index contributed by atoms with van der Waals surface area (Å²) in [7, 11) is 3.46. The molecule has 0 unspecified atom stereocenters. The van der Waals surface area contributed by atoms with Crippen molar-refractivity contribution in [1.29, 1.82) is 0 Å². The molecule has 108 valence electrons. The van der Waals surface area contributed by atoms with Crippen molar-refractivity contribution in [3.05, 3.63) is 34.9 Å². The Labute approximate surface area is 130 Å². The van der Waals surface area contributed by atoms with Crippen molar-refractivity contribution >= 4 is 39.9 Å². The third-order valence-corrected chi connectivity index (χ3v) is 4.42. The van der Waals surface area contributed by atoms with E-state index in [0.717, 1.165) is 25.8 Å². The first-order valence-corrected chi connectivity index (χ1v) is 7.51. The Morgan fingerprint density at radius 3 is 2.86 bits per heavy atom. The van der Waals surface area contributed by atoms with Crippen LogP contribution >= 0.6 is 22.9 Å². The van der Waals surface area contributed by atoms with Gasteiger partial charge in [-0.1, -0.05) is 11.6 Å². The van der Waals surface area contributed by atoms with Crippen LogP contribution in [0.1, 0.15) is 0 Å². The molecule has 3 rings (SSSR count). The Hall–Kier alpha value is -1.92. The monoisotopic (exact) mass is 320 g/mol. The van der Waals surface area contributed by atoms with E-state index in [0.29, 0.717) is 0 Å². The van der Waals surface area contributed by atoms with Gasteiger partial charge < -0.3 is 4.90 Å². The fraction of sp³-hybridized carbons (Fsp3) is 0.214. The van der Waals surface area contributed by atoms with Gasteiger partial charge in [0.1, 0.15) is 12.1 Å². The number of amides is 1. The molecule has 0 atom stereocenters. The molecule has 0 bridgehead atoms. The van der Waals surface area contributed by atoms with Gasteiger partial charge in [0.2, 0.25) is 5.91 Å². The van der Waals surface area contributed by atoms with Gasteiger partial charge >= 0.3 is 0 Å². The van der Waals surface area contributed by atoms with Crippen LogP contribution in [-0.2, 0) is 11.3 Å². The Morgan fingerprint density at radius 2 is 2.19 bits per heavy atom. The van der Waals surface area contributed by atoms with Gasteiger partial charge in [-0.15, -0.1) is 11.3 Å². The SMILES string of the molecule is CN(C)C(=O)Cn1ncc2ncc(-c3ccc(Cl)s3)cc21. The normalized spacial score (nSPS) is 11.0. The van der Waals surface area contributed by atoms with E-state index in [1.807, 2.05) is 18.2 Å². The first-order valence-electron chi connectivity index (χ1n) is 6.32. The van der Waals surface area contributed by atoms with Crippen molar-refractivity contribution in [3.8, 4) is 10.4 Å². The highest BCUT2D eigenvalue weighted by Gasteiger charge is 2.11. The molecule has 0 saturated heterocycles. The number of pyridine rings is 1. The lowest BCUT2D eigenvalue weighted by atomic mass is 10.2. The molecule has 1 amide bonds. The average molecular weight is 321 g/mol. The summed E-state index contributed by atoms with van der Waals surface area (Å²) in [5, 5.41) is 4.24. The number of halogens is 1. The van der Waals surface area contributed by atoms with Crippen molar-refractivity contribution in [2.75, 3.05) is 14.1 Å². The highest BCUT2D eigenvalue weighted by Crippen LogP contribution is 2.31. The molecule has 5 nitrogen and oxygen atoms in total. The fourth-order valence-electron chi connectivity index (χ4n) is 1.96. The number of rotatable bonds is 3. The molecule has 3 aromatic heterocycles. The van der Waals surface area contributed by atoms with Crippen molar-refractivity contribution < 1.29 is 4.79 Å². The molecule has 0 aliphatic heterocycles. The lowest BCUT2D eigenvalue weighted by Gasteiger charge is -2.10. The number of nitrogens with zero attached hydrogens (tertiary/aromatic N) is 4. The van der Waals surface area contributed by atoms with Gasteiger partial charge in [-0.05, 0) is 18.2 Å². The average Bonchev–Trinajstić information content (AvgIpc) is 3.05. The zero-order valence-electron chi connectivity index (χ0n) is 11.6. The molecule has 0 aliphatic rings. The zero-order chi connectivity index (χ0) is 15.0. The highest BCUT2D eigenvalue weighted by molar-refractivity contribution is 7.19. The minimum atomic E-state index is -0.00966. The fourth-order valence-corrected chi connectivity index (χ4v) is 2.98. The predicted molar refractivity (Wildman–Crippen MR) is 84.5 cm³/mol. The maximum absolute atomic E-state index is 11.8. The van der Waals surface area contributed by atoms with Crippen LogP contribution in [0.3, 0.4) is 0 Å². The minimum absolute atomic E-state index is 0.00966. The van der Waals surface area contributed by atoms with Crippen molar-refractivity contribution in [3.63, 3.8) is 0 Å². The van der Waals surface area contributed by atoms with E-state index < -0.39 is 0 Å². The van der Waals surface area contributed by atoms with Gasteiger partial charge in [-0.25, -0.2) is 0 Å². The van der Waals surface area contributed by atoms with Gasteiger partial charge in [0.15, 0.2) is 0 Å². The molecule has 0 aliphatic carbocycles. The third kappa shape index (κ3) is 2.77. The summed E-state index contributed by atoms with van der Waals surface area (Å²) in [6.45, 7) is 0.201. The van der Waals surface area contributed by atoms with E-state index in [4.69, 9.17) is 11.6 Å². The van der Waals surface area contributed by atoms with Gasteiger partial charge in [0.25, 0.3) is 0 Å². The van der Waals surface area contributed by atoms with Crippen LogP contribution in [-0.4, -0.2) is 39.7 Å². The number of thiophene rings is 1. The van der Waals surface area contributed by atoms with E-state index in [2.05, 4.69) is 10.1 Å². The van der Waals surface area contributed by atoms with Crippen molar-refractivity contribution in [2.45, 2.75) is 6.54 Å². The molecule has 0 aromatic carbocycles. The lowest BCUT2D eigenvalue weighted by molar-refractivity contribution is -0.129. The number of aromatic nitrogens is 3. The van der Waals surface area contributed by atoms with E-state index in [-0.39, 0.29) is 12.5 Å². The number of carbonyl (C=O) groups excluding carboxylic acids is 1. The molecule has 0 fully saturated rings. The number of carbonyl (C=O) groups is 1. The Bertz CT molecular complexity index is 808. The van der Waals surface area contributed by atoms with Gasteiger partial charge in [0, 0.05) is 30.7 Å². The second kappa shape index (κ2) is 5.46. The summed E-state index contributed by atoms with van der Waals surface area (Å²) in [5.74, 6) is -0.00966. The zero-order valence-corrected chi connectivity index (χ0v) is 13.1. The second-order valence-electron chi connectivity index (χ2n) is 4.82. The topological polar surface area (TPSA) is 51.0 Å². The maximum atomic E-state index is 11.8. The summed E-state index contributed by atoms with van der Waals surface area (Å²) < 4.78 is 2.41. The number of hydrogen-bond donors (Lipinski definition) is 0. The predicted octanol–water partition coefficient (Wildman–Crippen LogP) is 2.90. The smallest absolute Gasteiger partial charge is 0.243 e. The quantitative estimate of drug-likeness (QED) is 0.745. The van der Waals surface area contributed by atoms with E-state index in [1.54, 1.807) is 36.1 Å². The number of fused-ring (bicyclic) bond motifs is 1. The molecule has 0 radical (unpaired) electrons. The largest absolute Gasteiger partial charge is 0.347 e. The molecule has 7 heteroatoms. The number of hydrogen-bond acceptors (Lipinski definition) is 4. The van der Waals surface area contributed by atoms with Gasteiger partial charge in [0.05, 0.1) is 16.0 Å². The molecule has 21 heavy (non-hydrogen) atoms. The summed E-state index contributed by atoms with van der Waals surface area (Å²) in [6.07, 6.45) is 3.47. The van der Waals surface area contributed by atoms with Crippen LogP contribution in [0.15, 0.2) is 30.6 Å². The van der Waals surface area contributed by atoms with E-state index >= 15 is 0 Å². The van der Waals surface area contributed by atoms with Crippen molar-refractivity contribution in [1.82, 2.24) is 19.7 Å². The molecule has 0 N–H and O–H groups in total. The molecular formula is C14H13ClN4OS. The Morgan fingerprint density at radius 1 is 1.38 bits per heavy atom. The maximum Gasteiger partial charge on any atom is 0.243 e. The van der Waals surface area contributed by atoms with E-state index in [1.165, 1.54) is 11.3 Å². The standard InChI is InChI=1S/C14H13ClN4OS/c1-18(2)14(20)8-19-11-5-9(6-16-10(11)7-17-19)12-3-4-13(15)21-12/h3-7H,8H2,1-2H3. The molecule has 0 spiro atoms. The third-order valence-electron chi connectivity index (χ3n) is 3.14. The number of likely N-dealkylation sites (N-methyl/N-ethyl adjacent to an activating group) is 1. The van der Waals surface area contributed by atoms with Crippen LogP contribution in [0.25, 0.3) is 21.5 Å². The molecule has 3 aromatic rings.